The molecule has 0 nitrogen and oxygen atoms in total. The lowest BCUT2D eigenvalue weighted by atomic mass is 9.88. The van der Waals surface area contributed by atoms with E-state index in [4.69, 9.17) is 6.42 Å². The Labute approximate surface area is 93.0 Å². The largest absolute Gasteiger partial charge is 0.115 e. The van der Waals surface area contributed by atoms with Crippen molar-refractivity contribution in [3.63, 3.8) is 0 Å². The van der Waals surface area contributed by atoms with E-state index in [1.165, 1.54) is 5.56 Å². The second kappa shape index (κ2) is 4.84. The second-order valence-electron chi connectivity index (χ2n) is 3.96. The van der Waals surface area contributed by atoms with Crippen LogP contribution in [0.5, 0.6) is 0 Å². The van der Waals surface area contributed by atoms with Crippen molar-refractivity contribution in [1.29, 1.82) is 0 Å². The van der Waals surface area contributed by atoms with E-state index in [9.17, 15) is 0 Å². The number of hydrogen-bond acceptors (Lipinski definition) is 0. The third-order valence-electron chi connectivity index (χ3n) is 2.59. The van der Waals surface area contributed by atoms with Crippen molar-refractivity contribution in [2.45, 2.75) is 26.7 Å². The summed E-state index contributed by atoms with van der Waals surface area (Å²) < 4.78 is 0. The Hall–Kier alpha value is -1.48. The molecule has 1 aromatic carbocycles. The van der Waals surface area contributed by atoms with Crippen LogP contribution in [0.25, 0.3) is 0 Å². The zero-order valence-electron chi connectivity index (χ0n) is 9.67. The van der Waals surface area contributed by atoms with Gasteiger partial charge in [0.25, 0.3) is 0 Å². The monoisotopic (exact) mass is 197 g/mol. The first-order valence-corrected chi connectivity index (χ1v) is 5.17. The molecule has 77 valence electrons. The predicted octanol–water partition coefficient (Wildman–Crippen LogP) is 3.92. The zero-order valence-corrected chi connectivity index (χ0v) is 9.67. The van der Waals surface area contributed by atoms with Crippen molar-refractivity contribution in [2.24, 2.45) is 0 Å². The minimum Gasteiger partial charge on any atom is -0.115 e. The summed E-state index contributed by atoms with van der Waals surface area (Å²) in [5.74, 6) is 4.37. The van der Waals surface area contributed by atoms with Crippen molar-refractivity contribution in [3.8, 4) is 12.3 Å². The molecule has 1 rings (SSSR count). The highest BCUT2D eigenvalue weighted by Crippen LogP contribution is 2.26. The summed E-state index contributed by atoms with van der Waals surface area (Å²) in [5.41, 5.74) is 3.36. The number of hydrogen-bond donors (Lipinski definition) is 0. The van der Waals surface area contributed by atoms with E-state index in [-0.39, 0.29) is 0 Å². The molecule has 0 unspecified atom stereocenters. The molecule has 0 aliphatic carbocycles. The highest BCUT2D eigenvalue weighted by atomic mass is 14.1. The minimum absolute atomic E-state index is 0.452. The Morgan fingerprint density at radius 2 is 2.13 bits per heavy atom. The Bertz CT molecular complexity index is 391. The van der Waals surface area contributed by atoms with Crippen molar-refractivity contribution in [1.82, 2.24) is 0 Å². The average Bonchev–Trinajstić information content (AvgIpc) is 2.26. The molecular weight excluding hydrogens is 180 g/mol. The SMILES string of the molecule is C#Cc1c([C](C)C=C)cccc1C(C)C. The van der Waals surface area contributed by atoms with Gasteiger partial charge in [0.15, 0.2) is 0 Å². The summed E-state index contributed by atoms with van der Waals surface area (Å²) in [5, 5.41) is 0. The highest BCUT2D eigenvalue weighted by Gasteiger charge is 2.12. The second-order valence-corrected chi connectivity index (χ2v) is 3.96. The van der Waals surface area contributed by atoms with Gasteiger partial charge in [-0.25, -0.2) is 0 Å². The minimum atomic E-state index is 0.452. The Morgan fingerprint density at radius 3 is 2.60 bits per heavy atom. The van der Waals surface area contributed by atoms with E-state index in [0.717, 1.165) is 17.0 Å². The molecule has 0 heterocycles. The van der Waals surface area contributed by atoms with Crippen molar-refractivity contribution in [2.75, 3.05) is 0 Å². The van der Waals surface area contributed by atoms with Crippen molar-refractivity contribution < 1.29 is 0 Å². The Kier molecular flexibility index (Phi) is 3.74. The van der Waals surface area contributed by atoms with Gasteiger partial charge >= 0.3 is 0 Å². The van der Waals surface area contributed by atoms with E-state index < -0.39 is 0 Å². The van der Waals surface area contributed by atoms with Gasteiger partial charge < -0.3 is 0 Å². The maximum atomic E-state index is 5.58. The lowest BCUT2D eigenvalue weighted by molar-refractivity contribution is 0.860. The normalized spacial score (nSPS) is 10.4. The van der Waals surface area contributed by atoms with Gasteiger partial charge in [-0.3, -0.25) is 0 Å². The number of rotatable bonds is 3. The first-order chi connectivity index (χ1) is 7.11. The van der Waals surface area contributed by atoms with Crippen LogP contribution in [0.3, 0.4) is 0 Å². The molecule has 0 aromatic heterocycles. The lowest BCUT2D eigenvalue weighted by Crippen LogP contribution is -2.00. The molecule has 1 aromatic rings. The van der Waals surface area contributed by atoms with Crippen LogP contribution in [0.4, 0.5) is 0 Å². The maximum absolute atomic E-state index is 5.58. The maximum Gasteiger partial charge on any atom is 0.0318 e. The zero-order chi connectivity index (χ0) is 11.4. The fourth-order valence-electron chi connectivity index (χ4n) is 1.65. The fourth-order valence-corrected chi connectivity index (χ4v) is 1.65. The van der Waals surface area contributed by atoms with Crippen LogP contribution < -0.4 is 0 Å². The van der Waals surface area contributed by atoms with Gasteiger partial charge in [-0.05, 0) is 17.0 Å². The molecular formula is C15H17. The lowest BCUT2D eigenvalue weighted by Gasteiger charge is -2.15. The standard InChI is InChI=1S/C15H17/c1-6-12(5)15-10-8-9-14(11(3)4)13(15)7-2/h2,6,8-11H,1H2,3-5H3. The fraction of sp³-hybridized carbons (Fsp3) is 0.267. The van der Waals surface area contributed by atoms with Crippen molar-refractivity contribution >= 4 is 0 Å². The van der Waals surface area contributed by atoms with Gasteiger partial charge in [-0.2, -0.15) is 0 Å². The quantitative estimate of drug-likeness (QED) is 0.644. The van der Waals surface area contributed by atoms with Crippen LogP contribution in [-0.4, -0.2) is 0 Å². The molecule has 0 N–H and O–H groups in total. The summed E-state index contributed by atoms with van der Waals surface area (Å²) in [7, 11) is 0. The third-order valence-corrected chi connectivity index (χ3v) is 2.59. The highest BCUT2D eigenvalue weighted by molar-refractivity contribution is 5.54. The van der Waals surface area contributed by atoms with Gasteiger partial charge in [0, 0.05) is 11.5 Å². The molecule has 0 fully saturated rings. The van der Waals surface area contributed by atoms with Gasteiger partial charge in [-0.1, -0.05) is 51.0 Å². The van der Waals surface area contributed by atoms with E-state index in [0.29, 0.717) is 5.92 Å². The molecule has 1 radical (unpaired) electrons. The molecule has 0 aliphatic rings. The average molecular weight is 197 g/mol. The molecule has 0 saturated heterocycles. The number of benzene rings is 1. The first kappa shape index (κ1) is 11.6. The molecule has 0 spiro atoms. The molecule has 15 heavy (non-hydrogen) atoms. The van der Waals surface area contributed by atoms with Crippen molar-refractivity contribution in [3.05, 3.63) is 53.5 Å². The summed E-state index contributed by atoms with van der Waals surface area (Å²) in [6.07, 6.45) is 7.43. The third kappa shape index (κ3) is 2.30. The van der Waals surface area contributed by atoms with Gasteiger partial charge in [-0.15, -0.1) is 13.0 Å². The Balaban J connectivity index is 3.36. The van der Waals surface area contributed by atoms with E-state index >= 15 is 0 Å². The van der Waals surface area contributed by atoms with E-state index in [1.54, 1.807) is 0 Å². The molecule has 0 heteroatoms. The van der Waals surface area contributed by atoms with Gasteiger partial charge in [0.2, 0.25) is 0 Å². The predicted molar refractivity (Wildman–Crippen MR) is 66.7 cm³/mol. The topological polar surface area (TPSA) is 0 Å². The van der Waals surface area contributed by atoms with Crippen LogP contribution >= 0.6 is 0 Å². The van der Waals surface area contributed by atoms with Gasteiger partial charge in [0.1, 0.15) is 0 Å². The molecule has 0 amide bonds. The molecule has 0 aliphatic heterocycles. The van der Waals surface area contributed by atoms with Gasteiger partial charge in [0.05, 0.1) is 0 Å². The molecule has 0 atom stereocenters. The van der Waals surface area contributed by atoms with Crippen LogP contribution in [0, 0.1) is 18.3 Å². The molecule has 0 saturated carbocycles. The summed E-state index contributed by atoms with van der Waals surface area (Å²) >= 11 is 0. The summed E-state index contributed by atoms with van der Waals surface area (Å²) in [6.45, 7) is 10.1. The summed E-state index contributed by atoms with van der Waals surface area (Å²) in [6, 6.07) is 6.20. The van der Waals surface area contributed by atoms with Crippen LogP contribution in [-0.2, 0) is 0 Å². The van der Waals surface area contributed by atoms with Crippen LogP contribution in [0.1, 0.15) is 43.4 Å². The van der Waals surface area contributed by atoms with E-state index in [1.807, 2.05) is 13.0 Å². The number of allylic oxidation sites excluding steroid dienone is 1. The first-order valence-electron chi connectivity index (χ1n) is 5.17. The summed E-state index contributed by atoms with van der Waals surface area (Å²) in [4.78, 5) is 0. The Morgan fingerprint density at radius 1 is 1.47 bits per heavy atom. The molecule has 0 bridgehead atoms. The van der Waals surface area contributed by atoms with Crippen LogP contribution in [0.2, 0.25) is 0 Å². The van der Waals surface area contributed by atoms with E-state index in [2.05, 4.69) is 44.5 Å². The van der Waals surface area contributed by atoms with Crippen LogP contribution in [0.15, 0.2) is 30.9 Å². The number of terminal acetylenes is 1. The smallest absolute Gasteiger partial charge is 0.0318 e.